The van der Waals surface area contributed by atoms with Crippen LogP contribution in [0.5, 0.6) is 0 Å². The average Bonchev–Trinajstić information content (AvgIpc) is 3.46. The predicted octanol–water partition coefficient (Wildman–Crippen LogP) is 3.42. The van der Waals surface area contributed by atoms with Crippen LogP contribution in [-0.2, 0) is 14.3 Å². The highest BCUT2D eigenvalue weighted by molar-refractivity contribution is 5.81. The number of amides is 2. The lowest BCUT2D eigenvalue weighted by atomic mass is 9.79. The Balaban J connectivity index is 1.49. The minimum Gasteiger partial charge on any atom is -0.444 e. The standard InChI is InChI=1S/C23H32N2O4/c1-22(2,3)29-21(27)25-12-9-18(19(15-25)17-7-5-4-6-8-17)20(26)24-13-10-23(11-14-24)16-28-23/h4-8,18-19H,9-16H2,1-3H3. The summed E-state index contributed by atoms with van der Waals surface area (Å²) in [6, 6.07) is 10.1. The molecular weight excluding hydrogens is 368 g/mol. The van der Waals surface area contributed by atoms with Gasteiger partial charge in [0, 0.05) is 38.0 Å². The van der Waals surface area contributed by atoms with Crippen LogP contribution in [0.15, 0.2) is 30.3 Å². The van der Waals surface area contributed by atoms with Crippen molar-refractivity contribution >= 4 is 12.0 Å². The van der Waals surface area contributed by atoms with Crippen LogP contribution in [0.1, 0.15) is 51.5 Å². The maximum atomic E-state index is 13.4. The second kappa shape index (κ2) is 7.63. The number of rotatable bonds is 2. The third kappa shape index (κ3) is 4.58. The van der Waals surface area contributed by atoms with Crippen LogP contribution < -0.4 is 0 Å². The quantitative estimate of drug-likeness (QED) is 0.714. The summed E-state index contributed by atoms with van der Waals surface area (Å²) in [7, 11) is 0. The summed E-state index contributed by atoms with van der Waals surface area (Å²) in [4.78, 5) is 29.8. The van der Waals surface area contributed by atoms with E-state index in [0.717, 1.165) is 38.1 Å². The van der Waals surface area contributed by atoms with E-state index in [1.54, 1.807) is 4.90 Å². The molecule has 0 saturated carbocycles. The largest absolute Gasteiger partial charge is 0.444 e. The van der Waals surface area contributed by atoms with Gasteiger partial charge in [-0.05, 0) is 45.6 Å². The van der Waals surface area contributed by atoms with Gasteiger partial charge in [0.1, 0.15) is 5.60 Å². The van der Waals surface area contributed by atoms with Crippen molar-refractivity contribution in [2.75, 3.05) is 32.8 Å². The molecule has 1 spiro atoms. The van der Waals surface area contributed by atoms with Gasteiger partial charge in [-0.25, -0.2) is 4.79 Å². The molecule has 2 amide bonds. The molecule has 1 aromatic rings. The van der Waals surface area contributed by atoms with Crippen LogP contribution in [0.2, 0.25) is 0 Å². The number of ether oxygens (including phenoxy) is 2. The van der Waals surface area contributed by atoms with E-state index in [0.29, 0.717) is 19.5 Å². The fraction of sp³-hybridized carbons (Fsp3) is 0.652. The van der Waals surface area contributed by atoms with Crippen LogP contribution in [-0.4, -0.2) is 65.8 Å². The maximum absolute atomic E-state index is 13.4. The number of likely N-dealkylation sites (tertiary alicyclic amines) is 2. The van der Waals surface area contributed by atoms with E-state index in [-0.39, 0.29) is 29.4 Å². The fourth-order valence-corrected chi connectivity index (χ4v) is 4.54. The van der Waals surface area contributed by atoms with E-state index in [9.17, 15) is 9.59 Å². The number of hydrogen-bond acceptors (Lipinski definition) is 4. The van der Waals surface area contributed by atoms with Crippen LogP contribution in [0.3, 0.4) is 0 Å². The zero-order chi connectivity index (χ0) is 20.6. The molecule has 3 saturated heterocycles. The molecule has 0 aliphatic carbocycles. The molecule has 2 unspecified atom stereocenters. The molecule has 0 N–H and O–H groups in total. The van der Waals surface area contributed by atoms with Gasteiger partial charge in [0.25, 0.3) is 0 Å². The minimum absolute atomic E-state index is 0.0157. The Labute approximate surface area is 173 Å². The molecular formula is C23H32N2O4. The van der Waals surface area contributed by atoms with Crippen molar-refractivity contribution in [3.8, 4) is 0 Å². The van der Waals surface area contributed by atoms with Gasteiger partial charge in [0.05, 0.1) is 12.2 Å². The van der Waals surface area contributed by atoms with Gasteiger partial charge in [0.2, 0.25) is 5.91 Å². The highest BCUT2D eigenvalue weighted by Crippen LogP contribution is 2.40. The molecule has 6 nitrogen and oxygen atoms in total. The second-order valence-corrected chi connectivity index (χ2v) is 9.64. The predicted molar refractivity (Wildman–Crippen MR) is 110 cm³/mol. The highest BCUT2D eigenvalue weighted by atomic mass is 16.6. The summed E-state index contributed by atoms with van der Waals surface area (Å²) in [6.07, 6.45) is 2.24. The summed E-state index contributed by atoms with van der Waals surface area (Å²) < 4.78 is 11.2. The van der Waals surface area contributed by atoms with E-state index in [1.165, 1.54) is 0 Å². The number of benzene rings is 1. The van der Waals surface area contributed by atoms with E-state index >= 15 is 0 Å². The molecule has 3 aliphatic heterocycles. The Bertz CT molecular complexity index is 744. The van der Waals surface area contributed by atoms with Crippen LogP contribution >= 0.6 is 0 Å². The van der Waals surface area contributed by atoms with E-state index < -0.39 is 5.60 Å². The zero-order valence-electron chi connectivity index (χ0n) is 17.7. The van der Waals surface area contributed by atoms with Gasteiger partial charge in [-0.15, -0.1) is 0 Å². The normalized spacial score (nSPS) is 26.3. The van der Waals surface area contributed by atoms with Gasteiger partial charge in [0.15, 0.2) is 0 Å². The van der Waals surface area contributed by atoms with E-state index in [4.69, 9.17) is 9.47 Å². The highest BCUT2D eigenvalue weighted by Gasteiger charge is 2.48. The first-order valence-corrected chi connectivity index (χ1v) is 10.7. The molecule has 3 aliphatic rings. The first-order chi connectivity index (χ1) is 13.8. The molecule has 0 bridgehead atoms. The molecule has 0 aromatic heterocycles. The summed E-state index contributed by atoms with van der Waals surface area (Å²) in [5, 5.41) is 0. The summed E-state index contributed by atoms with van der Waals surface area (Å²) in [6.45, 7) is 9.08. The average molecular weight is 401 g/mol. The van der Waals surface area contributed by atoms with Crippen LogP contribution in [0.25, 0.3) is 0 Å². The number of carbonyl (C=O) groups is 2. The van der Waals surface area contributed by atoms with E-state index in [2.05, 4.69) is 12.1 Å². The second-order valence-electron chi connectivity index (χ2n) is 9.64. The lowest BCUT2D eigenvalue weighted by Crippen LogP contribution is -2.51. The van der Waals surface area contributed by atoms with Crippen molar-refractivity contribution in [2.24, 2.45) is 5.92 Å². The molecule has 6 heteroatoms. The van der Waals surface area contributed by atoms with Crippen molar-refractivity contribution in [2.45, 2.75) is 57.2 Å². The topological polar surface area (TPSA) is 62.4 Å². The first kappa shape index (κ1) is 20.2. The molecule has 2 atom stereocenters. The summed E-state index contributed by atoms with van der Waals surface area (Å²) in [5.41, 5.74) is 0.647. The Morgan fingerprint density at radius 1 is 1.07 bits per heavy atom. The Morgan fingerprint density at radius 3 is 2.31 bits per heavy atom. The van der Waals surface area contributed by atoms with Crippen molar-refractivity contribution in [1.82, 2.24) is 9.80 Å². The van der Waals surface area contributed by atoms with Gasteiger partial charge in [-0.2, -0.15) is 0 Å². The molecule has 158 valence electrons. The van der Waals surface area contributed by atoms with Gasteiger partial charge in [-0.1, -0.05) is 30.3 Å². The lowest BCUT2D eigenvalue weighted by molar-refractivity contribution is -0.139. The van der Waals surface area contributed by atoms with Gasteiger partial charge >= 0.3 is 6.09 Å². The van der Waals surface area contributed by atoms with Gasteiger partial charge in [-0.3, -0.25) is 4.79 Å². The Hall–Kier alpha value is -2.08. The van der Waals surface area contributed by atoms with Crippen molar-refractivity contribution in [3.63, 3.8) is 0 Å². The number of hydrogen-bond donors (Lipinski definition) is 0. The van der Waals surface area contributed by atoms with Crippen molar-refractivity contribution < 1.29 is 19.1 Å². The smallest absolute Gasteiger partial charge is 0.410 e. The van der Waals surface area contributed by atoms with Crippen LogP contribution in [0.4, 0.5) is 4.79 Å². The number of nitrogens with zero attached hydrogens (tertiary/aromatic N) is 2. The number of piperidine rings is 2. The Morgan fingerprint density at radius 2 is 1.72 bits per heavy atom. The Kier molecular flexibility index (Phi) is 5.32. The summed E-state index contributed by atoms with van der Waals surface area (Å²) in [5.74, 6) is 0.0986. The number of epoxide rings is 1. The van der Waals surface area contributed by atoms with Crippen LogP contribution in [0, 0.1) is 5.92 Å². The first-order valence-electron chi connectivity index (χ1n) is 10.7. The summed E-state index contributed by atoms with van der Waals surface area (Å²) >= 11 is 0. The van der Waals surface area contributed by atoms with Gasteiger partial charge < -0.3 is 19.3 Å². The molecule has 1 aromatic carbocycles. The zero-order valence-corrected chi connectivity index (χ0v) is 17.7. The fourth-order valence-electron chi connectivity index (χ4n) is 4.54. The molecule has 4 rings (SSSR count). The molecule has 3 heterocycles. The molecule has 29 heavy (non-hydrogen) atoms. The van der Waals surface area contributed by atoms with Crippen molar-refractivity contribution in [1.29, 1.82) is 0 Å². The van der Waals surface area contributed by atoms with Crippen molar-refractivity contribution in [3.05, 3.63) is 35.9 Å². The SMILES string of the molecule is CC(C)(C)OC(=O)N1CCC(C(=O)N2CCC3(CC2)CO3)C(c2ccccc2)C1. The lowest BCUT2D eigenvalue weighted by Gasteiger charge is -2.41. The third-order valence-corrected chi connectivity index (χ3v) is 6.35. The monoisotopic (exact) mass is 400 g/mol. The molecule has 3 fully saturated rings. The third-order valence-electron chi connectivity index (χ3n) is 6.35. The maximum Gasteiger partial charge on any atom is 0.410 e. The van der Waals surface area contributed by atoms with E-state index in [1.807, 2.05) is 43.9 Å². The molecule has 0 radical (unpaired) electrons. The minimum atomic E-state index is -0.527. The number of carbonyl (C=O) groups excluding carboxylic acids is 2.